The fourth-order valence-corrected chi connectivity index (χ4v) is 2.47. The summed E-state index contributed by atoms with van der Waals surface area (Å²) in [6.07, 6.45) is 10.2. The van der Waals surface area contributed by atoms with Crippen LogP contribution in [0.3, 0.4) is 0 Å². The first-order chi connectivity index (χ1) is 9.74. The first kappa shape index (κ1) is 17.4. The molecule has 1 aliphatic heterocycles. The lowest BCUT2D eigenvalue weighted by molar-refractivity contribution is -0.147. The summed E-state index contributed by atoms with van der Waals surface area (Å²) >= 11 is 0. The van der Waals surface area contributed by atoms with Gasteiger partial charge in [-0.3, -0.25) is 4.79 Å². The fourth-order valence-electron chi connectivity index (χ4n) is 2.47. The van der Waals surface area contributed by atoms with E-state index in [9.17, 15) is 9.90 Å². The SMILES string of the molecule is CCCCCCCCCCOC[C@H](O)[C@@H]1CCC(=O)O1. The van der Waals surface area contributed by atoms with Gasteiger partial charge >= 0.3 is 5.97 Å². The summed E-state index contributed by atoms with van der Waals surface area (Å²) in [4.78, 5) is 10.9. The van der Waals surface area contributed by atoms with Crippen LogP contribution >= 0.6 is 0 Å². The maximum absolute atomic E-state index is 10.9. The third-order valence-corrected chi connectivity index (χ3v) is 3.78. The standard InChI is InChI=1S/C16H30O4/c1-2-3-4-5-6-7-8-9-12-19-13-14(17)15-10-11-16(18)20-15/h14-15,17H,2-13H2,1H3/t14-,15-/m0/s1. The fraction of sp³-hybridized carbons (Fsp3) is 0.938. The number of carbonyl (C=O) groups is 1. The molecule has 1 aliphatic rings. The highest BCUT2D eigenvalue weighted by Crippen LogP contribution is 2.17. The Kier molecular flexibility index (Phi) is 9.67. The maximum atomic E-state index is 10.9. The Balaban J connectivity index is 1.83. The average Bonchev–Trinajstić information content (AvgIpc) is 2.87. The third kappa shape index (κ3) is 7.85. The zero-order valence-electron chi connectivity index (χ0n) is 12.8. The molecule has 1 N–H and O–H groups in total. The predicted octanol–water partition coefficient (Wildman–Crippen LogP) is 3.21. The van der Waals surface area contributed by atoms with E-state index >= 15 is 0 Å². The van der Waals surface area contributed by atoms with Gasteiger partial charge < -0.3 is 14.6 Å². The summed E-state index contributed by atoms with van der Waals surface area (Å²) in [5.74, 6) is -0.211. The van der Waals surface area contributed by atoms with Crippen LogP contribution in [-0.4, -0.2) is 36.5 Å². The molecule has 0 bridgehead atoms. The molecule has 0 amide bonds. The molecule has 20 heavy (non-hydrogen) atoms. The Morgan fingerprint density at radius 3 is 2.45 bits per heavy atom. The van der Waals surface area contributed by atoms with Gasteiger partial charge in [0, 0.05) is 13.0 Å². The van der Waals surface area contributed by atoms with E-state index in [1.807, 2.05) is 0 Å². The molecule has 0 aromatic rings. The van der Waals surface area contributed by atoms with Gasteiger partial charge in [-0.25, -0.2) is 0 Å². The van der Waals surface area contributed by atoms with Crippen molar-refractivity contribution in [2.45, 2.75) is 83.3 Å². The van der Waals surface area contributed by atoms with Crippen molar-refractivity contribution in [2.24, 2.45) is 0 Å². The molecule has 0 aromatic heterocycles. The molecule has 0 spiro atoms. The first-order valence-corrected chi connectivity index (χ1v) is 8.19. The van der Waals surface area contributed by atoms with Crippen molar-refractivity contribution >= 4 is 5.97 Å². The van der Waals surface area contributed by atoms with E-state index in [1.165, 1.54) is 44.9 Å². The van der Waals surface area contributed by atoms with Crippen LogP contribution in [0.1, 0.15) is 71.1 Å². The van der Waals surface area contributed by atoms with Crippen LogP contribution in [0.2, 0.25) is 0 Å². The third-order valence-electron chi connectivity index (χ3n) is 3.78. The molecule has 0 saturated carbocycles. The molecule has 1 saturated heterocycles. The van der Waals surface area contributed by atoms with Crippen molar-refractivity contribution in [3.8, 4) is 0 Å². The molecule has 1 fully saturated rings. The monoisotopic (exact) mass is 286 g/mol. The predicted molar refractivity (Wildman–Crippen MR) is 78.5 cm³/mol. The van der Waals surface area contributed by atoms with E-state index in [4.69, 9.17) is 9.47 Å². The number of esters is 1. The Labute approximate surface area is 122 Å². The van der Waals surface area contributed by atoms with Gasteiger partial charge in [-0.1, -0.05) is 51.9 Å². The van der Waals surface area contributed by atoms with Crippen LogP contribution in [0.15, 0.2) is 0 Å². The molecule has 118 valence electrons. The van der Waals surface area contributed by atoms with Crippen molar-refractivity contribution in [2.75, 3.05) is 13.2 Å². The quantitative estimate of drug-likeness (QED) is 0.442. The molecular weight excluding hydrogens is 256 g/mol. The lowest BCUT2D eigenvalue weighted by Crippen LogP contribution is -2.30. The molecule has 0 aliphatic carbocycles. The zero-order chi connectivity index (χ0) is 14.6. The number of hydrogen-bond acceptors (Lipinski definition) is 4. The normalized spacial score (nSPS) is 20.1. The summed E-state index contributed by atoms with van der Waals surface area (Å²) in [5, 5.41) is 9.79. The van der Waals surface area contributed by atoms with Crippen molar-refractivity contribution in [1.29, 1.82) is 0 Å². The van der Waals surface area contributed by atoms with Gasteiger partial charge in [0.05, 0.1) is 6.61 Å². The minimum Gasteiger partial charge on any atom is -0.459 e. The van der Waals surface area contributed by atoms with Crippen molar-refractivity contribution in [3.05, 3.63) is 0 Å². The summed E-state index contributed by atoms with van der Waals surface area (Å²) in [6, 6.07) is 0. The minimum absolute atomic E-state index is 0.211. The van der Waals surface area contributed by atoms with Crippen LogP contribution < -0.4 is 0 Å². The number of unbranched alkanes of at least 4 members (excludes halogenated alkanes) is 7. The van der Waals surface area contributed by atoms with Crippen molar-refractivity contribution in [1.82, 2.24) is 0 Å². The highest BCUT2D eigenvalue weighted by molar-refractivity contribution is 5.71. The highest BCUT2D eigenvalue weighted by Gasteiger charge is 2.29. The second-order valence-corrected chi connectivity index (χ2v) is 5.68. The second kappa shape index (κ2) is 11.1. The first-order valence-electron chi connectivity index (χ1n) is 8.19. The van der Waals surface area contributed by atoms with Gasteiger partial charge in [0.2, 0.25) is 0 Å². The molecule has 0 unspecified atom stereocenters. The number of aliphatic hydroxyl groups is 1. The van der Waals surface area contributed by atoms with Crippen LogP contribution in [0, 0.1) is 0 Å². The largest absolute Gasteiger partial charge is 0.459 e. The number of cyclic esters (lactones) is 1. The Morgan fingerprint density at radius 2 is 1.85 bits per heavy atom. The zero-order valence-corrected chi connectivity index (χ0v) is 12.8. The molecule has 4 heteroatoms. The van der Waals surface area contributed by atoms with E-state index in [0.29, 0.717) is 19.4 Å². The van der Waals surface area contributed by atoms with Gasteiger partial charge in [-0.15, -0.1) is 0 Å². The van der Waals surface area contributed by atoms with Gasteiger partial charge in [0.25, 0.3) is 0 Å². The van der Waals surface area contributed by atoms with Crippen LogP contribution in [-0.2, 0) is 14.3 Å². The van der Waals surface area contributed by atoms with E-state index in [-0.39, 0.29) is 18.7 Å². The van der Waals surface area contributed by atoms with Crippen LogP contribution in [0.5, 0.6) is 0 Å². The van der Waals surface area contributed by atoms with E-state index < -0.39 is 6.10 Å². The summed E-state index contributed by atoms with van der Waals surface area (Å²) in [7, 11) is 0. The Bertz CT molecular complexity index is 255. The van der Waals surface area contributed by atoms with Gasteiger partial charge in [0.15, 0.2) is 0 Å². The molecule has 0 aromatic carbocycles. The van der Waals surface area contributed by atoms with Crippen molar-refractivity contribution in [3.63, 3.8) is 0 Å². The minimum atomic E-state index is -0.671. The smallest absolute Gasteiger partial charge is 0.306 e. The highest BCUT2D eigenvalue weighted by atomic mass is 16.6. The summed E-state index contributed by atoms with van der Waals surface area (Å²) < 4.78 is 10.4. The molecule has 4 nitrogen and oxygen atoms in total. The van der Waals surface area contributed by atoms with E-state index in [2.05, 4.69) is 6.92 Å². The van der Waals surface area contributed by atoms with E-state index in [0.717, 1.165) is 6.42 Å². The van der Waals surface area contributed by atoms with Crippen molar-refractivity contribution < 1.29 is 19.4 Å². The molecule has 2 atom stereocenters. The molecule has 1 rings (SSSR count). The van der Waals surface area contributed by atoms with Gasteiger partial charge in [-0.2, -0.15) is 0 Å². The summed E-state index contributed by atoms with van der Waals surface area (Å²) in [5.41, 5.74) is 0. The molecule has 0 radical (unpaired) electrons. The number of hydrogen-bond donors (Lipinski definition) is 1. The number of aliphatic hydroxyl groups excluding tert-OH is 1. The molecular formula is C16H30O4. The number of ether oxygens (including phenoxy) is 2. The number of carbonyl (C=O) groups excluding carboxylic acids is 1. The lowest BCUT2D eigenvalue weighted by atomic mass is 10.1. The molecule has 1 heterocycles. The van der Waals surface area contributed by atoms with E-state index in [1.54, 1.807) is 0 Å². The van der Waals surface area contributed by atoms with Gasteiger partial charge in [-0.05, 0) is 12.8 Å². The number of rotatable bonds is 12. The maximum Gasteiger partial charge on any atom is 0.306 e. The Morgan fingerprint density at radius 1 is 1.20 bits per heavy atom. The average molecular weight is 286 g/mol. The van der Waals surface area contributed by atoms with Gasteiger partial charge in [0.1, 0.15) is 12.2 Å². The lowest BCUT2D eigenvalue weighted by Gasteiger charge is -2.16. The topological polar surface area (TPSA) is 55.8 Å². The second-order valence-electron chi connectivity index (χ2n) is 5.68. The van der Waals surface area contributed by atoms with Crippen LogP contribution in [0.4, 0.5) is 0 Å². The Hall–Kier alpha value is -0.610. The summed E-state index contributed by atoms with van der Waals surface area (Å²) in [6.45, 7) is 3.19. The van der Waals surface area contributed by atoms with Crippen LogP contribution in [0.25, 0.3) is 0 Å².